The lowest BCUT2D eigenvalue weighted by Gasteiger charge is -2.17. The number of hydrogen-bond acceptors (Lipinski definition) is 6. The zero-order chi connectivity index (χ0) is 15.0. The van der Waals surface area contributed by atoms with Gasteiger partial charge in [0.05, 0.1) is 17.9 Å². The molecule has 0 saturated heterocycles. The van der Waals surface area contributed by atoms with Crippen molar-refractivity contribution < 1.29 is 14.6 Å². The van der Waals surface area contributed by atoms with E-state index in [0.29, 0.717) is 23.8 Å². The van der Waals surface area contributed by atoms with Crippen LogP contribution in [0.3, 0.4) is 0 Å². The summed E-state index contributed by atoms with van der Waals surface area (Å²) in [6.45, 7) is 4.93. The van der Waals surface area contributed by atoms with E-state index in [1.165, 1.54) is 6.20 Å². The molecule has 1 heterocycles. The van der Waals surface area contributed by atoms with Crippen molar-refractivity contribution in [3.8, 4) is 0 Å². The highest BCUT2D eigenvalue weighted by Gasteiger charge is 2.14. The van der Waals surface area contributed by atoms with Crippen LogP contribution in [0, 0.1) is 6.92 Å². The van der Waals surface area contributed by atoms with Gasteiger partial charge in [-0.2, -0.15) is 0 Å². The molecule has 0 saturated carbocycles. The molecule has 112 valence electrons. The number of carbonyl (C=O) groups is 1. The Morgan fingerprint density at radius 1 is 1.40 bits per heavy atom. The van der Waals surface area contributed by atoms with Crippen LogP contribution >= 0.6 is 0 Å². The lowest BCUT2D eigenvalue weighted by molar-refractivity contribution is 0.0524. The second-order valence-corrected chi connectivity index (χ2v) is 4.60. The first-order chi connectivity index (χ1) is 9.60. The third-order valence-corrected chi connectivity index (χ3v) is 2.96. The molecule has 1 rings (SSSR count). The molecule has 1 aromatic rings. The molecule has 1 N–H and O–H groups in total. The summed E-state index contributed by atoms with van der Waals surface area (Å²) < 4.78 is 4.94. The van der Waals surface area contributed by atoms with Crippen molar-refractivity contribution in [2.24, 2.45) is 0 Å². The number of rotatable bonds is 8. The van der Waals surface area contributed by atoms with Gasteiger partial charge < -0.3 is 14.7 Å². The Balaban J connectivity index is 2.64. The Kier molecular flexibility index (Phi) is 6.93. The van der Waals surface area contributed by atoms with Crippen molar-refractivity contribution in [2.45, 2.75) is 33.1 Å². The monoisotopic (exact) mass is 281 g/mol. The van der Waals surface area contributed by atoms with Crippen LogP contribution in [0.1, 0.15) is 42.2 Å². The second kappa shape index (κ2) is 8.47. The van der Waals surface area contributed by atoms with Crippen LogP contribution in [0.4, 0.5) is 5.95 Å². The summed E-state index contributed by atoms with van der Waals surface area (Å²) in [6.07, 6.45) is 4.27. The quantitative estimate of drug-likeness (QED) is 0.575. The number of aliphatic hydroxyl groups is 1. The molecule has 0 atom stereocenters. The fourth-order valence-electron chi connectivity index (χ4n) is 1.79. The van der Waals surface area contributed by atoms with Crippen molar-refractivity contribution in [1.82, 2.24) is 9.97 Å². The van der Waals surface area contributed by atoms with Gasteiger partial charge in [0.1, 0.15) is 0 Å². The van der Waals surface area contributed by atoms with E-state index in [2.05, 4.69) is 9.97 Å². The molecule has 0 unspecified atom stereocenters. The number of anilines is 1. The van der Waals surface area contributed by atoms with Crippen LogP contribution in [-0.2, 0) is 4.74 Å². The smallest absolute Gasteiger partial charge is 0.341 e. The van der Waals surface area contributed by atoms with Crippen LogP contribution in [0.5, 0.6) is 0 Å². The van der Waals surface area contributed by atoms with Crippen LogP contribution in [0.15, 0.2) is 6.20 Å². The number of nitrogens with zero attached hydrogens (tertiary/aromatic N) is 3. The van der Waals surface area contributed by atoms with E-state index in [4.69, 9.17) is 9.84 Å². The number of carbonyl (C=O) groups excluding carboxylic acids is 1. The van der Waals surface area contributed by atoms with Crippen LogP contribution in [-0.4, -0.2) is 47.8 Å². The van der Waals surface area contributed by atoms with E-state index in [9.17, 15) is 4.79 Å². The van der Waals surface area contributed by atoms with Crippen LogP contribution in [0.2, 0.25) is 0 Å². The predicted octanol–water partition coefficient (Wildman–Crippen LogP) is 1.56. The van der Waals surface area contributed by atoms with Gasteiger partial charge in [0.15, 0.2) is 0 Å². The Morgan fingerprint density at radius 2 is 2.15 bits per heavy atom. The number of ether oxygens (including phenoxy) is 1. The zero-order valence-corrected chi connectivity index (χ0v) is 12.4. The van der Waals surface area contributed by atoms with Gasteiger partial charge in [-0.1, -0.05) is 0 Å². The fourth-order valence-corrected chi connectivity index (χ4v) is 1.79. The minimum absolute atomic E-state index is 0.230. The Morgan fingerprint density at radius 3 is 2.75 bits per heavy atom. The Labute approximate surface area is 119 Å². The normalized spacial score (nSPS) is 10.4. The highest BCUT2D eigenvalue weighted by atomic mass is 16.5. The molecule has 0 aromatic carbocycles. The number of hydrogen-bond donors (Lipinski definition) is 1. The van der Waals surface area contributed by atoms with E-state index in [1.54, 1.807) is 13.8 Å². The number of aliphatic hydroxyl groups excluding tert-OH is 1. The summed E-state index contributed by atoms with van der Waals surface area (Å²) in [5.74, 6) is 0.210. The predicted molar refractivity (Wildman–Crippen MR) is 76.9 cm³/mol. The molecular formula is C14H23N3O3. The standard InChI is InChI=1S/C14H23N3O3/c1-4-20-13(19)12-10-15-14(16-11(12)2)17(3)8-6-5-7-9-18/h10,18H,4-9H2,1-3H3. The minimum Gasteiger partial charge on any atom is -0.462 e. The van der Waals surface area contributed by atoms with Gasteiger partial charge in [-0.15, -0.1) is 0 Å². The largest absolute Gasteiger partial charge is 0.462 e. The summed E-state index contributed by atoms with van der Waals surface area (Å²) in [4.78, 5) is 22.1. The zero-order valence-electron chi connectivity index (χ0n) is 12.4. The lowest BCUT2D eigenvalue weighted by Crippen LogP contribution is -2.22. The number of esters is 1. The summed E-state index contributed by atoms with van der Waals surface area (Å²) >= 11 is 0. The average Bonchev–Trinajstić information content (AvgIpc) is 2.43. The molecule has 0 fully saturated rings. The molecule has 0 bridgehead atoms. The number of aromatic nitrogens is 2. The van der Waals surface area contributed by atoms with Crippen LogP contribution < -0.4 is 4.90 Å². The second-order valence-electron chi connectivity index (χ2n) is 4.60. The summed E-state index contributed by atoms with van der Waals surface area (Å²) in [6, 6.07) is 0. The highest BCUT2D eigenvalue weighted by molar-refractivity contribution is 5.90. The van der Waals surface area contributed by atoms with Crippen molar-refractivity contribution in [1.29, 1.82) is 0 Å². The van der Waals surface area contributed by atoms with Crippen molar-refractivity contribution in [3.63, 3.8) is 0 Å². The molecule has 0 aliphatic rings. The van der Waals surface area contributed by atoms with E-state index in [1.807, 2.05) is 11.9 Å². The topological polar surface area (TPSA) is 75.5 Å². The van der Waals surface area contributed by atoms with Gasteiger partial charge >= 0.3 is 5.97 Å². The van der Waals surface area contributed by atoms with Crippen molar-refractivity contribution >= 4 is 11.9 Å². The molecular weight excluding hydrogens is 258 g/mol. The average molecular weight is 281 g/mol. The fraction of sp³-hybridized carbons (Fsp3) is 0.643. The minimum atomic E-state index is -0.387. The number of aryl methyl sites for hydroxylation is 1. The van der Waals surface area contributed by atoms with E-state index >= 15 is 0 Å². The molecule has 1 aromatic heterocycles. The van der Waals surface area contributed by atoms with Crippen molar-refractivity contribution in [3.05, 3.63) is 17.5 Å². The summed E-state index contributed by atoms with van der Waals surface area (Å²) in [5, 5.41) is 8.73. The van der Waals surface area contributed by atoms with E-state index in [-0.39, 0.29) is 12.6 Å². The molecule has 20 heavy (non-hydrogen) atoms. The molecule has 0 aliphatic carbocycles. The third kappa shape index (κ3) is 4.77. The first-order valence-electron chi connectivity index (χ1n) is 6.93. The first kappa shape index (κ1) is 16.4. The van der Waals surface area contributed by atoms with E-state index in [0.717, 1.165) is 25.8 Å². The summed E-state index contributed by atoms with van der Waals surface area (Å²) in [7, 11) is 1.91. The van der Waals surface area contributed by atoms with Gasteiger partial charge in [0.25, 0.3) is 0 Å². The lowest BCUT2D eigenvalue weighted by atomic mass is 10.2. The molecule has 6 nitrogen and oxygen atoms in total. The maximum Gasteiger partial charge on any atom is 0.341 e. The van der Waals surface area contributed by atoms with Crippen molar-refractivity contribution in [2.75, 3.05) is 31.7 Å². The first-order valence-corrected chi connectivity index (χ1v) is 6.93. The SMILES string of the molecule is CCOC(=O)c1cnc(N(C)CCCCCO)nc1C. The number of unbranched alkanes of at least 4 members (excludes halogenated alkanes) is 2. The third-order valence-electron chi connectivity index (χ3n) is 2.96. The molecule has 0 amide bonds. The van der Waals surface area contributed by atoms with Gasteiger partial charge in [-0.05, 0) is 33.1 Å². The molecule has 0 spiro atoms. The molecule has 6 heteroatoms. The maximum absolute atomic E-state index is 11.7. The highest BCUT2D eigenvalue weighted by Crippen LogP contribution is 2.12. The summed E-state index contributed by atoms with van der Waals surface area (Å²) in [5.41, 5.74) is 1.03. The van der Waals surface area contributed by atoms with Gasteiger partial charge in [0.2, 0.25) is 5.95 Å². The Bertz CT molecular complexity index is 438. The maximum atomic E-state index is 11.7. The Hall–Kier alpha value is -1.69. The van der Waals surface area contributed by atoms with E-state index < -0.39 is 0 Å². The molecule has 0 radical (unpaired) electrons. The van der Waals surface area contributed by atoms with Gasteiger partial charge in [0, 0.05) is 26.4 Å². The van der Waals surface area contributed by atoms with Crippen LogP contribution in [0.25, 0.3) is 0 Å². The molecule has 0 aliphatic heterocycles. The van der Waals surface area contributed by atoms with Gasteiger partial charge in [-0.25, -0.2) is 14.8 Å². The van der Waals surface area contributed by atoms with Gasteiger partial charge in [-0.3, -0.25) is 0 Å².